The predicted octanol–water partition coefficient (Wildman–Crippen LogP) is 3.33. The van der Waals surface area contributed by atoms with E-state index in [0.717, 1.165) is 21.6 Å². The number of thioether (sulfide) groups is 1. The zero-order chi connectivity index (χ0) is 16.1. The summed E-state index contributed by atoms with van der Waals surface area (Å²) in [7, 11) is 3.50. The molecule has 0 saturated heterocycles. The van der Waals surface area contributed by atoms with Gasteiger partial charge in [-0.05, 0) is 24.5 Å². The number of rotatable bonds is 6. The van der Waals surface area contributed by atoms with Crippen LogP contribution in [0.5, 0.6) is 0 Å². The second-order valence-electron chi connectivity index (χ2n) is 5.04. The third-order valence-corrected chi connectivity index (χ3v) is 5.15. The second-order valence-corrected chi connectivity index (χ2v) is 7.24. The highest BCUT2D eigenvalue weighted by atomic mass is 32.2. The molecule has 118 valence electrons. The summed E-state index contributed by atoms with van der Waals surface area (Å²) in [4.78, 5) is 13.2. The van der Waals surface area contributed by atoms with Gasteiger partial charge in [0.15, 0.2) is 4.34 Å². The lowest BCUT2D eigenvalue weighted by atomic mass is 10.1. The average molecular weight is 336 g/mol. The highest BCUT2D eigenvalue weighted by Crippen LogP contribution is 2.30. The lowest BCUT2D eigenvalue weighted by Gasteiger charge is -2.11. The maximum Gasteiger partial charge on any atom is 0.232 e. The lowest BCUT2D eigenvalue weighted by Crippen LogP contribution is -2.23. The fourth-order valence-electron chi connectivity index (χ4n) is 1.88. The maximum atomic E-state index is 11.6. The number of aromatic nitrogens is 2. The predicted molar refractivity (Wildman–Crippen MR) is 93.2 cm³/mol. The SMILES string of the molecule is CCc1cccc(C)c1Nc1nnc(SCC(=O)N(C)C)s1. The highest BCUT2D eigenvalue weighted by Gasteiger charge is 2.11. The largest absolute Gasteiger partial charge is 0.348 e. The van der Waals surface area contributed by atoms with E-state index in [2.05, 4.69) is 47.6 Å². The summed E-state index contributed by atoms with van der Waals surface area (Å²) in [6.45, 7) is 4.21. The molecular formula is C15H20N4OS2. The molecule has 1 aromatic heterocycles. The van der Waals surface area contributed by atoms with Gasteiger partial charge in [-0.2, -0.15) is 0 Å². The van der Waals surface area contributed by atoms with E-state index >= 15 is 0 Å². The van der Waals surface area contributed by atoms with E-state index in [1.807, 2.05) is 0 Å². The van der Waals surface area contributed by atoms with E-state index in [4.69, 9.17) is 0 Å². The van der Waals surface area contributed by atoms with Crippen LogP contribution >= 0.6 is 23.1 Å². The Balaban J connectivity index is 2.05. The Morgan fingerprint density at radius 1 is 1.36 bits per heavy atom. The minimum Gasteiger partial charge on any atom is -0.348 e. The number of nitrogens with one attached hydrogen (secondary N) is 1. The van der Waals surface area contributed by atoms with E-state index in [0.29, 0.717) is 5.75 Å². The van der Waals surface area contributed by atoms with Gasteiger partial charge >= 0.3 is 0 Å². The van der Waals surface area contributed by atoms with Crippen molar-refractivity contribution in [1.82, 2.24) is 15.1 Å². The average Bonchev–Trinajstić information content (AvgIpc) is 2.94. The van der Waals surface area contributed by atoms with E-state index in [9.17, 15) is 4.79 Å². The molecule has 1 aromatic carbocycles. The van der Waals surface area contributed by atoms with Crippen molar-refractivity contribution < 1.29 is 4.79 Å². The van der Waals surface area contributed by atoms with E-state index in [1.54, 1.807) is 19.0 Å². The van der Waals surface area contributed by atoms with Crippen LogP contribution in [-0.2, 0) is 11.2 Å². The van der Waals surface area contributed by atoms with Gasteiger partial charge < -0.3 is 10.2 Å². The molecule has 2 aromatic rings. The molecule has 1 heterocycles. The Bertz CT molecular complexity index is 655. The molecule has 0 aliphatic carbocycles. The molecule has 1 N–H and O–H groups in total. The number of benzene rings is 1. The summed E-state index contributed by atoms with van der Waals surface area (Å²) in [5.74, 6) is 0.452. The molecule has 0 aliphatic heterocycles. The summed E-state index contributed by atoms with van der Waals surface area (Å²) in [6, 6.07) is 6.25. The fourth-order valence-corrected chi connectivity index (χ4v) is 3.61. The lowest BCUT2D eigenvalue weighted by molar-refractivity contribution is -0.125. The zero-order valence-electron chi connectivity index (χ0n) is 13.2. The van der Waals surface area contributed by atoms with Crippen molar-refractivity contribution in [3.63, 3.8) is 0 Å². The third-order valence-electron chi connectivity index (χ3n) is 3.20. The zero-order valence-corrected chi connectivity index (χ0v) is 14.8. The Morgan fingerprint density at radius 2 is 2.14 bits per heavy atom. The summed E-state index contributed by atoms with van der Waals surface area (Å²) < 4.78 is 0.796. The standard InChI is InChI=1S/C15H20N4OS2/c1-5-11-8-6-7-10(2)13(11)16-14-17-18-15(22-14)21-9-12(20)19(3)4/h6-8H,5,9H2,1-4H3,(H,16,17). The summed E-state index contributed by atoms with van der Waals surface area (Å²) >= 11 is 2.88. The molecule has 1 amide bonds. The van der Waals surface area contributed by atoms with Gasteiger partial charge in [0.1, 0.15) is 0 Å². The Labute approximate surface area is 139 Å². The molecule has 2 rings (SSSR count). The van der Waals surface area contributed by atoms with Crippen LogP contribution in [0.3, 0.4) is 0 Å². The van der Waals surface area contributed by atoms with Crippen LogP contribution in [0.15, 0.2) is 22.5 Å². The highest BCUT2D eigenvalue weighted by molar-refractivity contribution is 8.01. The molecule has 0 atom stereocenters. The number of hydrogen-bond donors (Lipinski definition) is 1. The minimum absolute atomic E-state index is 0.0712. The number of nitrogens with zero attached hydrogens (tertiary/aromatic N) is 3. The molecule has 0 spiro atoms. The third kappa shape index (κ3) is 4.20. The summed E-state index contributed by atoms with van der Waals surface area (Å²) in [5.41, 5.74) is 3.54. The molecule has 7 heteroatoms. The fraction of sp³-hybridized carbons (Fsp3) is 0.400. The molecule has 22 heavy (non-hydrogen) atoms. The first kappa shape index (κ1) is 16.8. The molecule has 0 radical (unpaired) electrons. The molecule has 0 unspecified atom stereocenters. The van der Waals surface area contributed by atoms with Crippen molar-refractivity contribution in [2.45, 2.75) is 24.6 Å². The van der Waals surface area contributed by atoms with Crippen molar-refractivity contribution in [3.05, 3.63) is 29.3 Å². The topological polar surface area (TPSA) is 58.1 Å². The first-order chi connectivity index (χ1) is 10.5. The van der Waals surface area contributed by atoms with Gasteiger partial charge in [0.05, 0.1) is 5.75 Å². The van der Waals surface area contributed by atoms with E-state index in [-0.39, 0.29) is 5.91 Å². The van der Waals surface area contributed by atoms with Gasteiger partial charge in [0.2, 0.25) is 11.0 Å². The van der Waals surface area contributed by atoms with Crippen molar-refractivity contribution in [2.75, 3.05) is 25.2 Å². The molecule has 0 aliphatic rings. The summed E-state index contributed by atoms with van der Waals surface area (Å²) in [6.07, 6.45) is 0.960. The number of hydrogen-bond acceptors (Lipinski definition) is 6. The first-order valence-corrected chi connectivity index (χ1v) is 8.83. The van der Waals surface area contributed by atoms with Crippen LogP contribution in [0, 0.1) is 6.92 Å². The molecular weight excluding hydrogens is 316 g/mol. The van der Waals surface area contributed by atoms with Crippen LogP contribution in [0.1, 0.15) is 18.1 Å². The second kappa shape index (κ2) is 7.60. The van der Waals surface area contributed by atoms with Crippen LogP contribution in [0.2, 0.25) is 0 Å². The first-order valence-electron chi connectivity index (χ1n) is 7.03. The molecule has 0 saturated carbocycles. The van der Waals surface area contributed by atoms with Gasteiger partial charge in [-0.15, -0.1) is 10.2 Å². The van der Waals surface area contributed by atoms with Crippen LogP contribution in [0.4, 0.5) is 10.8 Å². The number of amides is 1. The molecule has 0 bridgehead atoms. The van der Waals surface area contributed by atoms with Crippen molar-refractivity contribution in [3.8, 4) is 0 Å². The van der Waals surface area contributed by atoms with Crippen molar-refractivity contribution in [2.24, 2.45) is 0 Å². The normalized spacial score (nSPS) is 10.5. The molecule has 0 fully saturated rings. The number of para-hydroxylation sites is 1. The molecule has 5 nitrogen and oxygen atoms in total. The van der Waals surface area contributed by atoms with Gasteiger partial charge in [-0.3, -0.25) is 4.79 Å². The van der Waals surface area contributed by atoms with Crippen molar-refractivity contribution in [1.29, 1.82) is 0 Å². The maximum absolute atomic E-state index is 11.6. The minimum atomic E-state index is 0.0712. The van der Waals surface area contributed by atoms with Crippen LogP contribution < -0.4 is 5.32 Å². The van der Waals surface area contributed by atoms with Crippen molar-refractivity contribution >= 4 is 39.8 Å². The van der Waals surface area contributed by atoms with Crippen LogP contribution in [0.25, 0.3) is 0 Å². The van der Waals surface area contributed by atoms with Gasteiger partial charge in [-0.1, -0.05) is 48.2 Å². The number of aryl methyl sites for hydroxylation is 2. The Morgan fingerprint density at radius 3 is 2.82 bits per heavy atom. The smallest absolute Gasteiger partial charge is 0.232 e. The van der Waals surface area contributed by atoms with Gasteiger partial charge in [0, 0.05) is 19.8 Å². The Hall–Kier alpha value is -1.60. The number of anilines is 2. The van der Waals surface area contributed by atoms with E-state index in [1.165, 1.54) is 34.2 Å². The number of carbonyl (C=O) groups excluding carboxylic acids is 1. The monoisotopic (exact) mass is 336 g/mol. The summed E-state index contributed by atoms with van der Waals surface area (Å²) in [5, 5.41) is 12.4. The van der Waals surface area contributed by atoms with E-state index < -0.39 is 0 Å². The van der Waals surface area contributed by atoms with Gasteiger partial charge in [0.25, 0.3) is 0 Å². The van der Waals surface area contributed by atoms with Gasteiger partial charge in [-0.25, -0.2) is 0 Å². The quantitative estimate of drug-likeness (QED) is 0.820. The number of carbonyl (C=O) groups is 1. The van der Waals surface area contributed by atoms with Crippen LogP contribution in [-0.4, -0.2) is 40.9 Å². The Kier molecular flexibility index (Phi) is 5.79.